The Balaban J connectivity index is 1.87. The van der Waals surface area contributed by atoms with Crippen LogP contribution in [0.4, 0.5) is 0 Å². The van der Waals surface area contributed by atoms with Gasteiger partial charge in [0.2, 0.25) is 0 Å². The zero-order valence-electron chi connectivity index (χ0n) is 16.7. The van der Waals surface area contributed by atoms with Crippen molar-refractivity contribution in [1.29, 1.82) is 0 Å². The van der Waals surface area contributed by atoms with E-state index in [1.165, 1.54) is 11.8 Å². The van der Waals surface area contributed by atoms with Crippen LogP contribution in [-0.2, 0) is 9.53 Å². The van der Waals surface area contributed by atoms with Crippen LogP contribution in [0.5, 0.6) is 5.75 Å². The minimum atomic E-state index is -0.337. The molecule has 2 aromatic carbocycles. The molecule has 2 aromatic rings. The van der Waals surface area contributed by atoms with Gasteiger partial charge in [-0.2, -0.15) is 0 Å². The average molecular weight is 410 g/mol. The highest BCUT2D eigenvalue weighted by molar-refractivity contribution is 8.06. The van der Waals surface area contributed by atoms with E-state index in [4.69, 9.17) is 9.47 Å². The fourth-order valence-electron chi connectivity index (χ4n) is 2.87. The second-order valence-corrected chi connectivity index (χ2v) is 7.34. The maximum absolute atomic E-state index is 12.7. The van der Waals surface area contributed by atoms with Gasteiger partial charge in [-0.3, -0.25) is 9.59 Å². The number of hydrogen-bond donors (Lipinski definition) is 0. The lowest BCUT2D eigenvalue weighted by atomic mass is 10.1. The quantitative estimate of drug-likeness (QED) is 0.377. The normalized spacial score (nSPS) is 14.7. The van der Waals surface area contributed by atoms with E-state index in [-0.39, 0.29) is 18.3 Å². The van der Waals surface area contributed by atoms with Crippen molar-refractivity contribution in [2.24, 2.45) is 0 Å². The van der Waals surface area contributed by atoms with Crippen molar-refractivity contribution in [3.63, 3.8) is 0 Å². The SMILES string of the molecule is CCOC(=O)CN1C(c2ccc(C)cc2)=CS/C1=C\C(=O)c1ccc(OC)cc1. The Morgan fingerprint density at radius 3 is 2.38 bits per heavy atom. The number of benzene rings is 2. The molecule has 1 aliphatic heterocycles. The van der Waals surface area contributed by atoms with Gasteiger partial charge in [-0.25, -0.2) is 0 Å². The first-order valence-corrected chi connectivity index (χ1v) is 10.2. The zero-order valence-corrected chi connectivity index (χ0v) is 17.5. The number of carbonyl (C=O) groups is 2. The Bertz CT molecular complexity index is 946. The van der Waals surface area contributed by atoms with Crippen molar-refractivity contribution in [2.75, 3.05) is 20.3 Å². The Labute approximate surface area is 175 Å². The molecule has 150 valence electrons. The third-order valence-electron chi connectivity index (χ3n) is 4.42. The predicted octanol–water partition coefficient (Wildman–Crippen LogP) is 4.64. The van der Waals surface area contributed by atoms with Crippen LogP contribution in [0, 0.1) is 6.92 Å². The molecule has 1 heterocycles. The third-order valence-corrected chi connectivity index (χ3v) is 5.34. The molecule has 0 aromatic heterocycles. The molecule has 0 aliphatic carbocycles. The van der Waals surface area contributed by atoms with Crippen molar-refractivity contribution in [2.45, 2.75) is 13.8 Å². The van der Waals surface area contributed by atoms with Gasteiger partial charge in [-0.05, 0) is 43.7 Å². The van der Waals surface area contributed by atoms with Crippen molar-refractivity contribution in [3.8, 4) is 5.75 Å². The number of thioether (sulfide) groups is 1. The predicted molar refractivity (Wildman–Crippen MR) is 115 cm³/mol. The second-order valence-electron chi connectivity index (χ2n) is 6.45. The van der Waals surface area contributed by atoms with Crippen molar-refractivity contribution >= 4 is 29.2 Å². The first-order chi connectivity index (χ1) is 14.0. The molecule has 29 heavy (non-hydrogen) atoms. The van der Waals surface area contributed by atoms with E-state index in [9.17, 15) is 9.59 Å². The number of methoxy groups -OCH3 is 1. The van der Waals surface area contributed by atoms with Gasteiger partial charge in [-0.15, -0.1) is 0 Å². The summed E-state index contributed by atoms with van der Waals surface area (Å²) in [6, 6.07) is 15.0. The lowest BCUT2D eigenvalue weighted by Gasteiger charge is -2.22. The summed E-state index contributed by atoms with van der Waals surface area (Å²) in [5.74, 6) is 0.218. The maximum Gasteiger partial charge on any atom is 0.325 e. The number of carbonyl (C=O) groups excluding carboxylic acids is 2. The number of nitrogens with zero attached hydrogens (tertiary/aromatic N) is 1. The van der Waals surface area contributed by atoms with Crippen LogP contribution in [0.25, 0.3) is 5.70 Å². The minimum absolute atomic E-state index is 0.0439. The summed E-state index contributed by atoms with van der Waals surface area (Å²) in [5, 5.41) is 2.64. The molecule has 5 nitrogen and oxygen atoms in total. The fraction of sp³-hybridized carbons (Fsp3) is 0.217. The monoisotopic (exact) mass is 409 g/mol. The fourth-order valence-corrected chi connectivity index (χ4v) is 3.83. The van der Waals surface area contributed by atoms with Gasteiger partial charge in [-0.1, -0.05) is 41.6 Å². The van der Waals surface area contributed by atoms with E-state index in [1.54, 1.807) is 44.4 Å². The summed E-state index contributed by atoms with van der Waals surface area (Å²) in [4.78, 5) is 26.8. The summed E-state index contributed by atoms with van der Waals surface area (Å²) in [5.41, 5.74) is 3.56. The molecule has 0 atom stereocenters. The summed E-state index contributed by atoms with van der Waals surface area (Å²) in [6.45, 7) is 4.16. The van der Waals surface area contributed by atoms with E-state index in [0.29, 0.717) is 22.9 Å². The van der Waals surface area contributed by atoms with E-state index in [2.05, 4.69) is 0 Å². The molecule has 0 amide bonds. The Hall–Kier alpha value is -2.99. The van der Waals surface area contributed by atoms with Gasteiger partial charge >= 0.3 is 5.97 Å². The van der Waals surface area contributed by atoms with E-state index in [1.807, 2.05) is 41.5 Å². The standard InChI is InChI=1S/C23H23NO4S/c1-4-28-23(26)14-24-20(17-7-5-16(2)6-8-17)15-29-22(24)13-21(25)18-9-11-19(27-3)12-10-18/h5-13,15H,4,14H2,1-3H3/b22-13-. The molecule has 0 spiro atoms. The van der Waals surface area contributed by atoms with Gasteiger partial charge < -0.3 is 14.4 Å². The van der Waals surface area contributed by atoms with Crippen LogP contribution in [0.3, 0.4) is 0 Å². The number of esters is 1. The largest absolute Gasteiger partial charge is 0.497 e. The van der Waals surface area contributed by atoms with Gasteiger partial charge in [0.15, 0.2) is 5.78 Å². The molecule has 0 saturated carbocycles. The van der Waals surface area contributed by atoms with Gasteiger partial charge in [0.1, 0.15) is 12.3 Å². The molecule has 6 heteroatoms. The number of rotatable bonds is 7. The summed E-state index contributed by atoms with van der Waals surface area (Å²) in [6.07, 6.45) is 1.56. The molecule has 3 rings (SSSR count). The molecular formula is C23H23NO4S. The van der Waals surface area contributed by atoms with E-state index in [0.717, 1.165) is 16.8 Å². The molecule has 0 N–H and O–H groups in total. The van der Waals surface area contributed by atoms with E-state index < -0.39 is 0 Å². The number of ether oxygens (including phenoxy) is 2. The average Bonchev–Trinajstić information content (AvgIpc) is 3.10. The smallest absolute Gasteiger partial charge is 0.325 e. The van der Waals surface area contributed by atoms with Crippen LogP contribution >= 0.6 is 11.8 Å². The van der Waals surface area contributed by atoms with Gasteiger partial charge in [0.05, 0.1) is 24.4 Å². The molecule has 0 fully saturated rings. The molecule has 0 bridgehead atoms. The molecule has 0 unspecified atom stereocenters. The minimum Gasteiger partial charge on any atom is -0.497 e. The summed E-state index contributed by atoms with van der Waals surface area (Å²) >= 11 is 1.42. The summed E-state index contributed by atoms with van der Waals surface area (Å²) < 4.78 is 10.3. The third kappa shape index (κ3) is 5.09. The topological polar surface area (TPSA) is 55.8 Å². The van der Waals surface area contributed by atoms with E-state index >= 15 is 0 Å². The Kier molecular flexibility index (Phi) is 6.77. The Morgan fingerprint density at radius 1 is 1.07 bits per heavy atom. The van der Waals surface area contributed by atoms with Crippen LogP contribution in [-0.4, -0.2) is 36.9 Å². The first kappa shape index (κ1) is 20.7. The van der Waals surface area contributed by atoms with Crippen molar-refractivity contribution < 1.29 is 19.1 Å². The highest BCUT2D eigenvalue weighted by Gasteiger charge is 2.26. The highest BCUT2D eigenvalue weighted by Crippen LogP contribution is 2.39. The van der Waals surface area contributed by atoms with Crippen molar-refractivity contribution in [3.05, 3.63) is 81.7 Å². The number of hydrogen-bond acceptors (Lipinski definition) is 6. The second kappa shape index (κ2) is 9.47. The molecule has 0 saturated heterocycles. The maximum atomic E-state index is 12.7. The number of aryl methyl sites for hydroxylation is 1. The van der Waals surface area contributed by atoms with Crippen LogP contribution in [0.1, 0.15) is 28.4 Å². The zero-order chi connectivity index (χ0) is 20.8. The molecule has 0 radical (unpaired) electrons. The molecule has 1 aliphatic rings. The van der Waals surface area contributed by atoms with Crippen molar-refractivity contribution in [1.82, 2.24) is 4.90 Å². The van der Waals surface area contributed by atoms with Crippen LogP contribution in [0.15, 0.2) is 65.0 Å². The molecular weight excluding hydrogens is 386 g/mol. The lowest BCUT2D eigenvalue weighted by molar-refractivity contribution is -0.143. The Morgan fingerprint density at radius 2 is 1.76 bits per heavy atom. The number of allylic oxidation sites excluding steroid dienone is 1. The van der Waals surface area contributed by atoms with Crippen LogP contribution < -0.4 is 4.74 Å². The highest BCUT2D eigenvalue weighted by atomic mass is 32.2. The lowest BCUT2D eigenvalue weighted by Crippen LogP contribution is -2.26. The van der Waals surface area contributed by atoms with Gasteiger partial charge in [0, 0.05) is 17.0 Å². The number of ketones is 1. The van der Waals surface area contributed by atoms with Crippen LogP contribution in [0.2, 0.25) is 0 Å². The first-order valence-electron chi connectivity index (χ1n) is 9.29. The van der Waals surface area contributed by atoms with Gasteiger partial charge in [0.25, 0.3) is 0 Å². The summed E-state index contributed by atoms with van der Waals surface area (Å²) in [7, 11) is 1.58.